The maximum absolute atomic E-state index is 12.7. The van der Waals surface area contributed by atoms with E-state index < -0.39 is 6.04 Å². The molecule has 2 N–H and O–H groups in total. The number of rotatable bonds is 4. The summed E-state index contributed by atoms with van der Waals surface area (Å²) in [5.74, 6) is -0.0240. The van der Waals surface area contributed by atoms with Gasteiger partial charge in [-0.25, -0.2) is 4.84 Å². The van der Waals surface area contributed by atoms with E-state index in [4.69, 9.17) is 17.0 Å². The Hall–Kier alpha value is -1.61. The average molecular weight is 322 g/mol. The van der Waals surface area contributed by atoms with E-state index in [1.54, 1.807) is 12.1 Å². The third-order valence-electron chi connectivity index (χ3n) is 4.38. The Balaban J connectivity index is 2.09. The van der Waals surface area contributed by atoms with Gasteiger partial charge in [0, 0.05) is 5.92 Å². The number of halogens is 1. The molecule has 1 aliphatic heterocycles. The van der Waals surface area contributed by atoms with Crippen LogP contribution in [-0.2, 0) is 4.79 Å². The van der Waals surface area contributed by atoms with Gasteiger partial charge in [-0.15, -0.1) is 0 Å². The van der Waals surface area contributed by atoms with Crippen molar-refractivity contribution in [3.05, 3.63) is 35.4 Å². The molecule has 22 heavy (non-hydrogen) atoms. The van der Waals surface area contributed by atoms with Gasteiger partial charge in [0.2, 0.25) is 5.91 Å². The van der Waals surface area contributed by atoms with Gasteiger partial charge in [0.15, 0.2) is 0 Å². The van der Waals surface area contributed by atoms with E-state index in [0.717, 1.165) is 31.7 Å². The lowest BCUT2D eigenvalue weighted by Gasteiger charge is -2.33. The van der Waals surface area contributed by atoms with Gasteiger partial charge in [-0.1, -0.05) is 19.1 Å². The van der Waals surface area contributed by atoms with Crippen molar-refractivity contribution in [3.63, 3.8) is 0 Å². The van der Waals surface area contributed by atoms with Crippen LogP contribution >= 0.6 is 11.8 Å². The van der Waals surface area contributed by atoms with Crippen LogP contribution < -0.4 is 9.74 Å². The topological polar surface area (TPSA) is 60.6 Å². The van der Waals surface area contributed by atoms with E-state index in [2.05, 4.69) is 18.0 Å². The Labute approximate surface area is 136 Å². The minimum absolute atomic E-state index is 0.0411. The zero-order chi connectivity index (χ0) is 16.1. The number of quaternary nitrogens is 1. The van der Waals surface area contributed by atoms with Crippen LogP contribution in [0.5, 0.6) is 0 Å². The van der Waals surface area contributed by atoms with Crippen LogP contribution in [-0.4, -0.2) is 50.1 Å². The molecule has 118 valence electrons. The van der Waals surface area contributed by atoms with Gasteiger partial charge in [-0.2, -0.15) is 5.26 Å². The molecule has 1 fully saturated rings. The first-order valence-electron chi connectivity index (χ1n) is 7.53. The van der Waals surface area contributed by atoms with Crippen LogP contribution in [0.25, 0.3) is 0 Å². The molecular formula is C16H22ClN4O+. The van der Waals surface area contributed by atoms with Gasteiger partial charge >= 0.3 is 0 Å². The highest BCUT2D eigenvalue weighted by Gasteiger charge is 2.31. The third-order valence-corrected chi connectivity index (χ3v) is 4.61. The van der Waals surface area contributed by atoms with Crippen LogP contribution in [0.1, 0.15) is 24.0 Å². The smallest absolute Gasteiger partial charge is 0.242 e. The van der Waals surface area contributed by atoms with Gasteiger partial charge in [-0.05, 0) is 29.5 Å². The molecule has 6 heteroatoms. The highest BCUT2D eigenvalue weighted by molar-refractivity contribution is 6.15. The zero-order valence-electron chi connectivity index (χ0n) is 13.0. The van der Waals surface area contributed by atoms with Crippen LogP contribution in [0.4, 0.5) is 0 Å². The lowest BCUT2D eigenvalue weighted by Crippen LogP contribution is -3.12. The number of nitrogens with one attached hydrogen (secondary N) is 2. The average Bonchev–Trinajstić information content (AvgIpc) is 2.56. The molecule has 1 aromatic rings. The minimum Gasteiger partial charge on any atom is -0.334 e. The Morgan fingerprint density at radius 3 is 2.45 bits per heavy atom. The van der Waals surface area contributed by atoms with E-state index in [9.17, 15) is 4.79 Å². The summed E-state index contributed by atoms with van der Waals surface area (Å²) in [5.41, 5.74) is 1.60. The Morgan fingerprint density at radius 1 is 1.36 bits per heavy atom. The number of likely N-dealkylation sites (N-methyl/N-ethyl adjacent to an activating group) is 1. The highest BCUT2D eigenvalue weighted by atomic mass is 35.5. The fourth-order valence-corrected chi connectivity index (χ4v) is 3.00. The lowest BCUT2D eigenvalue weighted by molar-refractivity contribution is -0.883. The van der Waals surface area contributed by atoms with Crippen LogP contribution in [0.3, 0.4) is 0 Å². The zero-order valence-corrected chi connectivity index (χ0v) is 13.7. The first-order valence-corrected chi connectivity index (χ1v) is 7.91. The molecule has 5 nitrogen and oxygen atoms in total. The minimum atomic E-state index is -0.465. The SMILES string of the molecule is C[C@@H](c1ccc(C#N)cc1)[C@@H](NCl)C(=O)N1CC[NH+](C)CC1. The van der Waals surface area contributed by atoms with Crippen molar-refractivity contribution in [2.45, 2.75) is 18.9 Å². The quantitative estimate of drug-likeness (QED) is 0.775. The molecule has 0 saturated carbocycles. The number of carbonyl (C=O) groups excluding carboxylic acids is 1. The second-order valence-electron chi connectivity index (χ2n) is 5.89. The predicted molar refractivity (Wildman–Crippen MR) is 85.5 cm³/mol. The lowest BCUT2D eigenvalue weighted by atomic mass is 9.92. The number of hydrogen-bond acceptors (Lipinski definition) is 3. The fraction of sp³-hybridized carbons (Fsp3) is 0.500. The first-order chi connectivity index (χ1) is 10.6. The van der Waals surface area contributed by atoms with Crippen molar-refractivity contribution in [2.75, 3.05) is 33.2 Å². The maximum Gasteiger partial charge on any atom is 0.242 e. The van der Waals surface area contributed by atoms with Crippen molar-refractivity contribution in [2.24, 2.45) is 0 Å². The van der Waals surface area contributed by atoms with E-state index in [0.29, 0.717) is 5.56 Å². The van der Waals surface area contributed by atoms with E-state index in [1.165, 1.54) is 4.90 Å². The molecular weight excluding hydrogens is 300 g/mol. The largest absolute Gasteiger partial charge is 0.334 e. The first kappa shape index (κ1) is 16.8. The van der Waals surface area contributed by atoms with Crippen molar-refractivity contribution in [3.8, 4) is 6.07 Å². The van der Waals surface area contributed by atoms with Gasteiger partial charge in [0.25, 0.3) is 0 Å². The maximum atomic E-state index is 12.7. The molecule has 1 saturated heterocycles. The number of piperazine rings is 1. The van der Waals surface area contributed by atoms with Gasteiger partial charge in [0.1, 0.15) is 6.04 Å². The van der Waals surface area contributed by atoms with E-state index in [1.807, 2.05) is 24.0 Å². The summed E-state index contributed by atoms with van der Waals surface area (Å²) in [6, 6.07) is 8.92. The van der Waals surface area contributed by atoms with E-state index in [-0.39, 0.29) is 11.8 Å². The summed E-state index contributed by atoms with van der Waals surface area (Å²) in [7, 11) is 2.14. The Morgan fingerprint density at radius 2 is 1.95 bits per heavy atom. The normalized spacial score (nSPS) is 18.5. The summed E-state index contributed by atoms with van der Waals surface area (Å²) in [4.78, 5) is 18.7. The van der Waals surface area contributed by atoms with Crippen molar-refractivity contribution < 1.29 is 9.69 Å². The van der Waals surface area contributed by atoms with Crippen molar-refractivity contribution in [1.29, 1.82) is 5.26 Å². The summed E-state index contributed by atoms with van der Waals surface area (Å²) in [6.45, 7) is 5.43. The third kappa shape index (κ3) is 3.77. The number of hydrogen-bond donors (Lipinski definition) is 2. The van der Waals surface area contributed by atoms with Gasteiger partial charge < -0.3 is 9.80 Å². The highest BCUT2D eigenvalue weighted by Crippen LogP contribution is 2.22. The molecule has 0 unspecified atom stereocenters. The molecule has 2 rings (SSSR count). The van der Waals surface area contributed by atoms with Crippen molar-refractivity contribution in [1.82, 2.24) is 9.74 Å². The Kier molecular flexibility index (Phi) is 5.78. The van der Waals surface area contributed by atoms with E-state index >= 15 is 0 Å². The number of nitriles is 1. The van der Waals surface area contributed by atoms with Gasteiger partial charge in [0.05, 0.1) is 44.9 Å². The number of nitrogens with zero attached hydrogens (tertiary/aromatic N) is 2. The predicted octanol–water partition coefficient (Wildman–Crippen LogP) is 0.131. The molecule has 0 aromatic heterocycles. The molecule has 0 radical (unpaired) electrons. The fourth-order valence-electron chi connectivity index (χ4n) is 2.71. The van der Waals surface area contributed by atoms with Crippen molar-refractivity contribution >= 4 is 17.7 Å². The second kappa shape index (κ2) is 7.59. The molecule has 1 heterocycles. The molecule has 1 aliphatic rings. The molecule has 0 bridgehead atoms. The summed E-state index contributed by atoms with van der Waals surface area (Å²) < 4.78 is 0. The summed E-state index contributed by atoms with van der Waals surface area (Å²) in [5, 5.41) is 8.86. The standard InChI is InChI=1S/C16H21ClN4O/c1-12(14-5-3-13(11-18)4-6-14)15(19-17)16(22)21-9-7-20(2)8-10-21/h3-6,12,15,19H,7-10H2,1-2H3/p+1/t12-,15+/m0/s1. The molecule has 1 amide bonds. The molecule has 2 atom stereocenters. The number of carbonyl (C=O) groups is 1. The number of benzene rings is 1. The summed E-state index contributed by atoms with van der Waals surface area (Å²) >= 11 is 5.86. The Bertz CT molecular complexity index is 546. The molecule has 0 aliphatic carbocycles. The molecule has 0 spiro atoms. The van der Waals surface area contributed by atoms with Crippen LogP contribution in [0.2, 0.25) is 0 Å². The monoisotopic (exact) mass is 321 g/mol. The second-order valence-corrected chi connectivity index (χ2v) is 6.11. The molecule has 1 aromatic carbocycles. The summed E-state index contributed by atoms with van der Waals surface area (Å²) in [6.07, 6.45) is 0. The van der Waals surface area contributed by atoms with Crippen LogP contribution in [0, 0.1) is 11.3 Å². The van der Waals surface area contributed by atoms with Gasteiger partial charge in [-0.3, -0.25) is 4.79 Å². The van der Waals surface area contributed by atoms with Crippen LogP contribution in [0.15, 0.2) is 24.3 Å². The number of amides is 1.